The second kappa shape index (κ2) is 9.69. The molecule has 0 saturated carbocycles. The molecule has 25 heavy (non-hydrogen) atoms. The Balaban J connectivity index is 1.68. The summed E-state index contributed by atoms with van der Waals surface area (Å²) in [4.78, 5) is 23.7. The lowest BCUT2D eigenvalue weighted by molar-refractivity contribution is -0.123. The number of ether oxygens (including phenoxy) is 1. The zero-order valence-electron chi connectivity index (χ0n) is 14.0. The second-order valence-electron chi connectivity index (χ2n) is 5.37. The van der Waals surface area contributed by atoms with Crippen molar-refractivity contribution in [2.75, 3.05) is 19.7 Å². The number of benzene rings is 2. The summed E-state index contributed by atoms with van der Waals surface area (Å²) < 4.78 is 5.54. The van der Waals surface area contributed by atoms with Crippen molar-refractivity contribution in [3.05, 3.63) is 64.7 Å². The summed E-state index contributed by atoms with van der Waals surface area (Å²) in [6.45, 7) is 2.62. The number of para-hydroxylation sites is 1. The topological polar surface area (TPSA) is 67.4 Å². The third-order valence-electron chi connectivity index (χ3n) is 3.53. The number of hydrogen-bond acceptors (Lipinski definition) is 3. The first kappa shape index (κ1) is 18.8. The first-order chi connectivity index (χ1) is 12.1. The van der Waals surface area contributed by atoms with Crippen LogP contribution < -0.4 is 15.4 Å². The van der Waals surface area contributed by atoms with Crippen LogP contribution in [0, 0.1) is 0 Å². The summed E-state index contributed by atoms with van der Waals surface area (Å²) in [5.41, 5.74) is 1.54. The normalized spacial score (nSPS) is 10.2. The largest absolute Gasteiger partial charge is 0.483 e. The highest BCUT2D eigenvalue weighted by atomic mass is 35.5. The molecule has 2 N–H and O–H groups in total. The smallest absolute Gasteiger partial charge is 0.258 e. The molecule has 0 radical (unpaired) electrons. The van der Waals surface area contributed by atoms with Gasteiger partial charge in [-0.2, -0.15) is 0 Å². The highest BCUT2D eigenvalue weighted by Gasteiger charge is 2.07. The maximum absolute atomic E-state index is 11.9. The van der Waals surface area contributed by atoms with Crippen molar-refractivity contribution in [1.82, 2.24) is 10.6 Å². The van der Waals surface area contributed by atoms with Gasteiger partial charge in [-0.05, 0) is 36.2 Å². The van der Waals surface area contributed by atoms with Gasteiger partial charge in [0, 0.05) is 23.7 Å². The van der Waals surface area contributed by atoms with Crippen molar-refractivity contribution in [1.29, 1.82) is 0 Å². The van der Waals surface area contributed by atoms with Crippen LogP contribution in [-0.2, 0) is 11.2 Å². The zero-order valence-corrected chi connectivity index (χ0v) is 14.8. The van der Waals surface area contributed by atoms with Crippen molar-refractivity contribution in [3.8, 4) is 5.75 Å². The highest BCUT2D eigenvalue weighted by molar-refractivity contribution is 6.30. The SMILES string of the molecule is CCc1ccccc1OCC(=O)NCCNC(=O)c1cccc(Cl)c1. The molecule has 0 fully saturated rings. The summed E-state index contributed by atoms with van der Waals surface area (Å²) in [5, 5.41) is 5.93. The van der Waals surface area contributed by atoms with Gasteiger partial charge in [0.2, 0.25) is 0 Å². The van der Waals surface area contributed by atoms with Gasteiger partial charge in [0.1, 0.15) is 5.75 Å². The van der Waals surface area contributed by atoms with Crippen LogP contribution in [0.2, 0.25) is 5.02 Å². The molecule has 2 aromatic rings. The molecule has 0 unspecified atom stereocenters. The molecular weight excluding hydrogens is 340 g/mol. The third kappa shape index (κ3) is 6.12. The van der Waals surface area contributed by atoms with E-state index in [4.69, 9.17) is 16.3 Å². The van der Waals surface area contributed by atoms with Crippen LogP contribution in [0.25, 0.3) is 0 Å². The summed E-state index contributed by atoms with van der Waals surface area (Å²) in [7, 11) is 0. The second-order valence-corrected chi connectivity index (χ2v) is 5.80. The number of carbonyl (C=O) groups is 2. The van der Waals surface area contributed by atoms with E-state index >= 15 is 0 Å². The number of carbonyl (C=O) groups excluding carboxylic acids is 2. The molecule has 0 saturated heterocycles. The van der Waals surface area contributed by atoms with Gasteiger partial charge in [-0.25, -0.2) is 0 Å². The molecule has 0 bridgehead atoms. The van der Waals surface area contributed by atoms with E-state index in [-0.39, 0.29) is 18.4 Å². The van der Waals surface area contributed by atoms with Crippen molar-refractivity contribution < 1.29 is 14.3 Å². The van der Waals surface area contributed by atoms with E-state index in [2.05, 4.69) is 10.6 Å². The van der Waals surface area contributed by atoms with E-state index in [1.54, 1.807) is 24.3 Å². The standard InChI is InChI=1S/C19H21ClN2O3/c1-2-14-6-3-4-9-17(14)25-13-18(23)21-10-11-22-19(24)15-7-5-8-16(20)12-15/h3-9,12H,2,10-11,13H2,1H3,(H,21,23)(H,22,24). The molecule has 0 spiro atoms. The van der Waals surface area contributed by atoms with Gasteiger partial charge in [-0.3, -0.25) is 9.59 Å². The molecule has 0 aromatic heterocycles. The van der Waals surface area contributed by atoms with Crippen LogP contribution >= 0.6 is 11.6 Å². The maximum Gasteiger partial charge on any atom is 0.258 e. The number of hydrogen-bond donors (Lipinski definition) is 2. The quantitative estimate of drug-likeness (QED) is 0.711. The summed E-state index contributed by atoms with van der Waals surface area (Å²) in [6.07, 6.45) is 0.841. The summed E-state index contributed by atoms with van der Waals surface area (Å²) in [5.74, 6) is 0.252. The average molecular weight is 361 g/mol. The number of nitrogens with one attached hydrogen (secondary N) is 2. The lowest BCUT2D eigenvalue weighted by Gasteiger charge is -2.11. The number of amides is 2. The minimum atomic E-state index is -0.233. The predicted octanol–water partition coefficient (Wildman–Crippen LogP) is 2.83. The Labute approximate surface area is 152 Å². The molecule has 0 aliphatic carbocycles. The molecular formula is C19H21ClN2O3. The van der Waals surface area contributed by atoms with Crippen molar-refractivity contribution in [3.63, 3.8) is 0 Å². The van der Waals surface area contributed by atoms with Crippen molar-refractivity contribution in [2.24, 2.45) is 0 Å². The Morgan fingerprint density at radius 3 is 2.56 bits per heavy atom. The Kier molecular flexibility index (Phi) is 7.29. The van der Waals surface area contributed by atoms with Crippen LogP contribution in [-0.4, -0.2) is 31.5 Å². The number of rotatable bonds is 8. The van der Waals surface area contributed by atoms with Gasteiger partial charge in [0.15, 0.2) is 6.61 Å². The third-order valence-corrected chi connectivity index (χ3v) is 3.77. The number of aryl methyl sites for hydroxylation is 1. The van der Waals surface area contributed by atoms with Crippen molar-refractivity contribution >= 4 is 23.4 Å². The fraction of sp³-hybridized carbons (Fsp3) is 0.263. The highest BCUT2D eigenvalue weighted by Crippen LogP contribution is 2.17. The molecule has 2 aromatic carbocycles. The van der Waals surface area contributed by atoms with Crippen molar-refractivity contribution in [2.45, 2.75) is 13.3 Å². The van der Waals surface area contributed by atoms with Gasteiger partial charge in [-0.1, -0.05) is 42.8 Å². The Hall–Kier alpha value is -2.53. The van der Waals surface area contributed by atoms with E-state index in [0.717, 1.165) is 17.7 Å². The molecule has 6 heteroatoms. The lowest BCUT2D eigenvalue weighted by Crippen LogP contribution is -2.36. The molecule has 0 aliphatic heterocycles. The van der Waals surface area contributed by atoms with Crippen LogP contribution in [0.3, 0.4) is 0 Å². The van der Waals surface area contributed by atoms with Gasteiger partial charge in [0.25, 0.3) is 11.8 Å². The molecule has 0 heterocycles. The minimum Gasteiger partial charge on any atom is -0.483 e. The minimum absolute atomic E-state index is 0.0563. The van der Waals surface area contributed by atoms with E-state index < -0.39 is 0 Å². The monoisotopic (exact) mass is 360 g/mol. The first-order valence-corrected chi connectivity index (χ1v) is 8.49. The molecule has 0 aliphatic rings. The molecule has 2 rings (SSSR count). The average Bonchev–Trinajstić information content (AvgIpc) is 2.63. The Morgan fingerprint density at radius 2 is 1.80 bits per heavy atom. The molecule has 2 amide bonds. The molecule has 132 valence electrons. The van der Waals surface area contributed by atoms with Crippen LogP contribution in [0.5, 0.6) is 5.75 Å². The van der Waals surface area contributed by atoms with Gasteiger partial charge in [0.05, 0.1) is 0 Å². The molecule has 0 atom stereocenters. The van der Waals surface area contributed by atoms with Crippen LogP contribution in [0.1, 0.15) is 22.8 Å². The fourth-order valence-corrected chi connectivity index (χ4v) is 2.43. The van der Waals surface area contributed by atoms with Gasteiger partial charge >= 0.3 is 0 Å². The van der Waals surface area contributed by atoms with Crippen LogP contribution in [0.15, 0.2) is 48.5 Å². The molecule has 5 nitrogen and oxygen atoms in total. The van der Waals surface area contributed by atoms with E-state index in [9.17, 15) is 9.59 Å². The predicted molar refractivity (Wildman–Crippen MR) is 98.1 cm³/mol. The Bertz CT molecular complexity index is 734. The van der Waals surface area contributed by atoms with E-state index in [1.165, 1.54) is 0 Å². The van der Waals surface area contributed by atoms with Gasteiger partial charge < -0.3 is 15.4 Å². The lowest BCUT2D eigenvalue weighted by atomic mass is 10.1. The summed E-state index contributed by atoms with van der Waals surface area (Å²) in [6, 6.07) is 14.3. The zero-order chi connectivity index (χ0) is 18.1. The van der Waals surface area contributed by atoms with Crippen LogP contribution in [0.4, 0.5) is 0 Å². The fourth-order valence-electron chi connectivity index (χ4n) is 2.24. The van der Waals surface area contributed by atoms with E-state index in [1.807, 2.05) is 31.2 Å². The number of halogens is 1. The Morgan fingerprint density at radius 1 is 1.04 bits per heavy atom. The summed E-state index contributed by atoms with van der Waals surface area (Å²) >= 11 is 5.85. The first-order valence-electron chi connectivity index (χ1n) is 8.11. The van der Waals surface area contributed by atoms with Gasteiger partial charge in [-0.15, -0.1) is 0 Å². The maximum atomic E-state index is 11.9. The van der Waals surface area contributed by atoms with E-state index in [0.29, 0.717) is 23.7 Å².